The Balaban J connectivity index is 0.981. The minimum Gasteiger partial charge on any atom is -0.496 e. The van der Waals surface area contributed by atoms with Crippen LogP contribution in [0.15, 0.2) is 42.5 Å². The van der Waals surface area contributed by atoms with Crippen LogP contribution in [0.25, 0.3) is 0 Å². The fourth-order valence-electron chi connectivity index (χ4n) is 6.52. The summed E-state index contributed by atoms with van der Waals surface area (Å²) in [5, 5.41) is 3.47. The molecule has 5 rings (SSSR count). The maximum absolute atomic E-state index is 13.3. The molecule has 2 aromatic carbocycles. The van der Waals surface area contributed by atoms with Gasteiger partial charge in [-0.25, -0.2) is 4.79 Å². The molecule has 2 aromatic rings. The maximum atomic E-state index is 13.3. The normalized spacial score (nSPS) is 19.0. The standard InChI is InChI=1S/C33H44ClN5O5/c1-43-30-20-29(35)28(34)19-27(30)31(40)36-26-11-13-37(14-12-26)21-23-7-15-38(16-8-23)32(41)25-9-17-39(18-10-25)33(42)44-22-24-5-3-2-4-6-24/h2-6,19-20,23,25-26H,7-18,21-22,35H2,1H3,(H,36,40). The van der Waals surface area contributed by atoms with Gasteiger partial charge in [0.15, 0.2) is 0 Å². The molecule has 3 fully saturated rings. The Morgan fingerprint density at radius 1 is 0.909 bits per heavy atom. The number of nitrogens with zero attached hydrogens (tertiary/aromatic N) is 3. The molecule has 0 atom stereocenters. The molecule has 0 saturated carbocycles. The lowest BCUT2D eigenvalue weighted by molar-refractivity contribution is -0.138. The number of anilines is 1. The molecule has 0 aromatic heterocycles. The van der Waals surface area contributed by atoms with Crippen molar-refractivity contribution in [3.63, 3.8) is 0 Å². The average molecular weight is 626 g/mol. The zero-order valence-electron chi connectivity index (χ0n) is 25.5. The number of carbonyl (C=O) groups excluding carboxylic acids is 3. The van der Waals surface area contributed by atoms with Crippen molar-refractivity contribution in [2.75, 3.05) is 58.7 Å². The zero-order valence-corrected chi connectivity index (χ0v) is 26.3. The summed E-state index contributed by atoms with van der Waals surface area (Å²) in [5.41, 5.74) is 7.58. The van der Waals surface area contributed by atoms with E-state index in [1.165, 1.54) is 7.11 Å². The van der Waals surface area contributed by atoms with Gasteiger partial charge in [0, 0.05) is 63.8 Å². The number of nitrogens with one attached hydrogen (secondary N) is 1. The number of benzene rings is 2. The maximum Gasteiger partial charge on any atom is 0.410 e. The van der Waals surface area contributed by atoms with E-state index in [-0.39, 0.29) is 36.5 Å². The quantitative estimate of drug-likeness (QED) is 0.417. The number of methoxy groups -OCH3 is 1. The minimum absolute atomic E-state index is 0.0248. The molecule has 0 aliphatic carbocycles. The summed E-state index contributed by atoms with van der Waals surface area (Å²) < 4.78 is 10.8. The molecule has 0 unspecified atom stereocenters. The highest BCUT2D eigenvalue weighted by Crippen LogP contribution is 2.29. The Hall–Kier alpha value is -3.50. The second kappa shape index (κ2) is 15.0. The molecule has 3 aliphatic heterocycles. The predicted molar refractivity (Wildman–Crippen MR) is 170 cm³/mol. The number of rotatable bonds is 8. The van der Waals surface area contributed by atoms with E-state index in [0.717, 1.165) is 64.0 Å². The number of nitrogen functional groups attached to an aromatic ring is 1. The number of likely N-dealkylation sites (tertiary alicyclic amines) is 3. The van der Waals surface area contributed by atoms with Gasteiger partial charge >= 0.3 is 6.09 Å². The summed E-state index contributed by atoms with van der Waals surface area (Å²) in [6.45, 7) is 5.83. The van der Waals surface area contributed by atoms with Crippen LogP contribution >= 0.6 is 11.6 Å². The van der Waals surface area contributed by atoms with Crippen molar-refractivity contribution in [2.45, 2.75) is 51.2 Å². The lowest BCUT2D eigenvalue weighted by Gasteiger charge is -2.39. The van der Waals surface area contributed by atoms with E-state index in [1.54, 1.807) is 17.0 Å². The first-order chi connectivity index (χ1) is 21.3. The van der Waals surface area contributed by atoms with Crippen molar-refractivity contribution in [3.05, 3.63) is 58.6 Å². The summed E-state index contributed by atoms with van der Waals surface area (Å²) in [7, 11) is 1.51. The third-order valence-corrected chi connectivity index (χ3v) is 9.56. The van der Waals surface area contributed by atoms with Crippen LogP contribution in [0, 0.1) is 11.8 Å². The molecule has 3 amide bonds. The van der Waals surface area contributed by atoms with Crippen LogP contribution in [0.3, 0.4) is 0 Å². The van der Waals surface area contributed by atoms with Crippen molar-refractivity contribution in [3.8, 4) is 5.75 Å². The average Bonchev–Trinajstić information content (AvgIpc) is 3.06. The Kier molecular flexibility index (Phi) is 10.9. The molecule has 3 N–H and O–H groups in total. The second-order valence-electron chi connectivity index (χ2n) is 12.2. The summed E-state index contributed by atoms with van der Waals surface area (Å²) in [6, 6.07) is 12.9. The Bertz CT molecular complexity index is 1290. The molecule has 3 aliphatic rings. The lowest BCUT2D eigenvalue weighted by atomic mass is 9.91. The fraction of sp³-hybridized carbons (Fsp3) is 0.545. The first-order valence-corrected chi connectivity index (χ1v) is 16.1. The zero-order chi connectivity index (χ0) is 31.1. The number of hydrogen-bond donors (Lipinski definition) is 2. The molecule has 0 radical (unpaired) electrons. The van der Waals surface area contributed by atoms with E-state index in [2.05, 4.69) is 10.2 Å². The topological polar surface area (TPSA) is 117 Å². The monoisotopic (exact) mass is 625 g/mol. The fourth-order valence-corrected chi connectivity index (χ4v) is 6.68. The SMILES string of the molecule is COc1cc(N)c(Cl)cc1C(=O)NC1CCN(CC2CCN(C(=O)C3CCN(C(=O)OCc4ccccc4)CC3)CC2)CC1. The van der Waals surface area contributed by atoms with Gasteiger partial charge in [-0.15, -0.1) is 0 Å². The molecule has 3 saturated heterocycles. The molecule has 0 bridgehead atoms. The van der Waals surface area contributed by atoms with Gasteiger partial charge in [-0.3, -0.25) is 9.59 Å². The number of amides is 3. The van der Waals surface area contributed by atoms with Crippen molar-refractivity contribution in [2.24, 2.45) is 11.8 Å². The number of ether oxygens (including phenoxy) is 2. The van der Waals surface area contributed by atoms with Gasteiger partial charge in [0.25, 0.3) is 5.91 Å². The molecule has 0 spiro atoms. The van der Waals surface area contributed by atoms with Crippen molar-refractivity contribution in [1.82, 2.24) is 20.0 Å². The van der Waals surface area contributed by atoms with Crippen LogP contribution in [-0.4, -0.2) is 91.6 Å². The van der Waals surface area contributed by atoms with Crippen LogP contribution in [0.5, 0.6) is 5.75 Å². The number of hydrogen-bond acceptors (Lipinski definition) is 7. The van der Waals surface area contributed by atoms with Crippen LogP contribution < -0.4 is 15.8 Å². The summed E-state index contributed by atoms with van der Waals surface area (Å²) in [5.74, 6) is 0.983. The van der Waals surface area contributed by atoms with Crippen molar-refractivity contribution < 1.29 is 23.9 Å². The van der Waals surface area contributed by atoms with Gasteiger partial charge < -0.3 is 35.2 Å². The van der Waals surface area contributed by atoms with Crippen LogP contribution in [0.2, 0.25) is 5.02 Å². The Morgan fingerprint density at radius 2 is 1.57 bits per heavy atom. The predicted octanol–water partition coefficient (Wildman–Crippen LogP) is 4.41. The molecule has 238 valence electrons. The second-order valence-corrected chi connectivity index (χ2v) is 12.6. The van der Waals surface area contributed by atoms with E-state index < -0.39 is 0 Å². The van der Waals surface area contributed by atoms with Crippen LogP contribution in [0.4, 0.5) is 10.5 Å². The van der Waals surface area contributed by atoms with Gasteiger partial charge in [-0.2, -0.15) is 0 Å². The smallest absolute Gasteiger partial charge is 0.410 e. The van der Waals surface area contributed by atoms with E-state index in [9.17, 15) is 14.4 Å². The number of carbonyl (C=O) groups is 3. The van der Waals surface area contributed by atoms with Gasteiger partial charge in [0.2, 0.25) is 5.91 Å². The highest BCUT2D eigenvalue weighted by atomic mass is 35.5. The molecular weight excluding hydrogens is 582 g/mol. The highest BCUT2D eigenvalue weighted by molar-refractivity contribution is 6.33. The number of piperidine rings is 3. The third-order valence-electron chi connectivity index (χ3n) is 9.24. The highest BCUT2D eigenvalue weighted by Gasteiger charge is 2.33. The third kappa shape index (κ3) is 8.15. The molecule has 44 heavy (non-hydrogen) atoms. The van der Waals surface area contributed by atoms with Gasteiger partial charge in [0.05, 0.1) is 23.4 Å². The number of halogens is 1. The first kappa shape index (κ1) is 31.9. The molecular formula is C33H44ClN5O5. The summed E-state index contributed by atoms with van der Waals surface area (Å²) in [6.07, 6.45) is 4.83. The van der Waals surface area contributed by atoms with Crippen molar-refractivity contribution >= 4 is 35.2 Å². The van der Waals surface area contributed by atoms with E-state index in [4.69, 9.17) is 26.8 Å². The molecule has 11 heteroatoms. The van der Waals surface area contributed by atoms with Crippen LogP contribution in [-0.2, 0) is 16.1 Å². The summed E-state index contributed by atoms with van der Waals surface area (Å²) >= 11 is 6.14. The van der Waals surface area contributed by atoms with E-state index in [1.807, 2.05) is 35.2 Å². The van der Waals surface area contributed by atoms with E-state index >= 15 is 0 Å². The van der Waals surface area contributed by atoms with Gasteiger partial charge in [-0.1, -0.05) is 41.9 Å². The number of nitrogens with two attached hydrogens (primary N) is 1. The van der Waals surface area contributed by atoms with Gasteiger partial charge in [-0.05, 0) is 56.1 Å². The molecule has 10 nitrogen and oxygen atoms in total. The lowest BCUT2D eigenvalue weighted by Crippen LogP contribution is -2.49. The van der Waals surface area contributed by atoms with Crippen LogP contribution in [0.1, 0.15) is 54.4 Å². The largest absolute Gasteiger partial charge is 0.496 e. The minimum atomic E-state index is -0.307. The Labute approximate surface area is 264 Å². The first-order valence-electron chi connectivity index (χ1n) is 15.7. The van der Waals surface area contributed by atoms with Crippen molar-refractivity contribution in [1.29, 1.82) is 0 Å². The Morgan fingerprint density at radius 3 is 2.23 bits per heavy atom. The van der Waals surface area contributed by atoms with E-state index in [0.29, 0.717) is 53.9 Å². The molecule has 3 heterocycles. The van der Waals surface area contributed by atoms with Gasteiger partial charge in [0.1, 0.15) is 12.4 Å². The summed E-state index contributed by atoms with van der Waals surface area (Å²) in [4.78, 5) is 44.9.